The molecule has 64 valence electrons. The maximum absolute atomic E-state index is 8.67. The Kier molecular flexibility index (Phi) is 2.01. The quantitative estimate of drug-likeness (QED) is 0.282. The molecule has 11 heavy (non-hydrogen) atoms. The maximum atomic E-state index is 8.67. The molecule has 0 unspecified atom stereocenters. The van der Waals surface area contributed by atoms with E-state index in [4.69, 9.17) is 20.1 Å². The normalized spacial score (nSPS) is 28.6. The molecule has 4 N–H and O–H groups in total. The van der Waals surface area contributed by atoms with E-state index in [9.17, 15) is 0 Å². The predicted octanol–water partition coefficient (Wildman–Crippen LogP) is -2.99. The molecule has 1 aliphatic heterocycles. The van der Waals surface area contributed by atoms with Crippen molar-refractivity contribution in [1.82, 2.24) is 0 Å². The summed E-state index contributed by atoms with van der Waals surface area (Å²) in [5.74, 6) is 0. The summed E-state index contributed by atoms with van der Waals surface area (Å²) < 4.78 is 12.3. The van der Waals surface area contributed by atoms with Crippen molar-refractivity contribution in [3.05, 3.63) is 0 Å². The average molecular weight is 163 g/mol. The van der Waals surface area contributed by atoms with Crippen molar-refractivity contribution in [2.45, 2.75) is 6.82 Å². The number of hydrogen-bond acceptors (Lipinski definition) is 7. The fourth-order valence-electron chi connectivity index (χ4n) is 0.826. The van der Waals surface area contributed by atoms with E-state index in [1.807, 2.05) is 0 Å². The zero-order valence-corrected chi connectivity index (χ0v) is 5.75. The molecule has 0 aromatic carbocycles. The van der Waals surface area contributed by atoms with Crippen molar-refractivity contribution in [1.29, 1.82) is 0 Å². The Morgan fingerprint density at radius 3 is 1.64 bits per heavy atom. The third kappa shape index (κ3) is 2.45. The number of rotatable bonds is 0. The van der Waals surface area contributed by atoms with Crippen LogP contribution in [0.5, 0.6) is 0 Å². The highest BCUT2D eigenvalue weighted by atomic mass is 16.9. The van der Waals surface area contributed by atoms with Gasteiger partial charge < -0.3 is 33.8 Å². The molecule has 0 aliphatic carbocycles. The molecule has 0 atom stereocenters. The molecule has 0 spiro atoms. The molecule has 0 saturated carbocycles. The SMILES string of the molecule is CB1O[B-](O)(O)O[B-](O)(O)O1. The van der Waals surface area contributed by atoms with Gasteiger partial charge in [-0.2, -0.15) is 0 Å². The largest absolute Gasteiger partial charge is 0.678 e. The van der Waals surface area contributed by atoms with Gasteiger partial charge in [-0.05, 0) is 6.82 Å². The van der Waals surface area contributed by atoms with Crippen LogP contribution in [-0.4, -0.2) is 41.1 Å². The Morgan fingerprint density at radius 2 is 1.36 bits per heavy atom. The molecular weight excluding hydrogens is 156 g/mol. The Labute approximate surface area is 62.7 Å². The highest BCUT2D eigenvalue weighted by Gasteiger charge is 2.40. The minimum Gasteiger partial charge on any atom is -0.678 e. The first-order chi connectivity index (χ1) is 4.81. The summed E-state index contributed by atoms with van der Waals surface area (Å²) in [6.45, 7) is -6.00. The van der Waals surface area contributed by atoms with Crippen molar-refractivity contribution in [3.63, 3.8) is 0 Å². The van der Waals surface area contributed by atoms with Gasteiger partial charge in [0.25, 0.3) is 0 Å². The lowest BCUT2D eigenvalue weighted by Gasteiger charge is -2.51. The minimum atomic E-state index is -3.63. The molecule has 1 saturated heterocycles. The summed E-state index contributed by atoms with van der Waals surface area (Å²) in [6, 6.07) is 0. The lowest BCUT2D eigenvalue weighted by atomic mass is 9.79. The van der Waals surface area contributed by atoms with Crippen LogP contribution in [0.2, 0.25) is 6.82 Å². The van der Waals surface area contributed by atoms with Gasteiger partial charge in [0.15, 0.2) is 0 Å². The van der Waals surface area contributed by atoms with Crippen LogP contribution < -0.4 is 0 Å². The van der Waals surface area contributed by atoms with Gasteiger partial charge in [-0.1, -0.05) is 0 Å². The van der Waals surface area contributed by atoms with E-state index in [-0.39, 0.29) is 0 Å². The second kappa shape index (κ2) is 2.46. The maximum Gasteiger partial charge on any atom is 0.475 e. The highest BCUT2D eigenvalue weighted by Crippen LogP contribution is 2.16. The van der Waals surface area contributed by atoms with Crippen molar-refractivity contribution >= 4 is 21.0 Å². The van der Waals surface area contributed by atoms with E-state index in [0.717, 1.165) is 0 Å². The van der Waals surface area contributed by atoms with Crippen LogP contribution in [0.25, 0.3) is 0 Å². The summed E-state index contributed by atoms with van der Waals surface area (Å²) in [5.41, 5.74) is 0. The predicted molar refractivity (Wildman–Crippen MR) is 35.3 cm³/mol. The Hall–Kier alpha value is -0.0852. The minimum absolute atomic E-state index is 1.14. The van der Waals surface area contributed by atoms with E-state index in [1.165, 1.54) is 6.82 Å². The van der Waals surface area contributed by atoms with Crippen LogP contribution in [-0.2, 0) is 13.7 Å². The van der Waals surface area contributed by atoms with Crippen molar-refractivity contribution in [3.8, 4) is 0 Å². The van der Waals surface area contributed by atoms with Crippen LogP contribution in [0.4, 0.5) is 0 Å². The first-order valence-corrected chi connectivity index (χ1v) is 3.02. The molecule has 0 bridgehead atoms. The van der Waals surface area contributed by atoms with E-state index in [2.05, 4.69) is 13.7 Å². The fourth-order valence-corrected chi connectivity index (χ4v) is 0.826. The molecule has 1 fully saturated rings. The van der Waals surface area contributed by atoms with Gasteiger partial charge in [0.1, 0.15) is 0 Å². The van der Waals surface area contributed by atoms with Gasteiger partial charge in [-0.15, -0.1) is 0 Å². The van der Waals surface area contributed by atoms with E-state index in [1.54, 1.807) is 0 Å². The Morgan fingerprint density at radius 1 is 1.00 bits per heavy atom. The molecule has 0 aromatic rings. The van der Waals surface area contributed by atoms with Gasteiger partial charge >= 0.3 is 21.0 Å². The van der Waals surface area contributed by atoms with Crippen molar-refractivity contribution in [2.75, 3.05) is 0 Å². The van der Waals surface area contributed by atoms with E-state index in [0.29, 0.717) is 0 Å². The molecule has 1 heterocycles. The molecular formula is CH7B3O7-2. The van der Waals surface area contributed by atoms with Gasteiger partial charge in [-0.25, -0.2) is 0 Å². The first-order valence-electron chi connectivity index (χ1n) is 3.02. The topological polar surface area (TPSA) is 109 Å². The molecule has 1 rings (SSSR count). The van der Waals surface area contributed by atoms with Gasteiger partial charge in [0.05, 0.1) is 0 Å². The van der Waals surface area contributed by atoms with Crippen LogP contribution in [0.3, 0.4) is 0 Å². The van der Waals surface area contributed by atoms with Crippen LogP contribution >= 0.6 is 0 Å². The van der Waals surface area contributed by atoms with Crippen LogP contribution in [0, 0.1) is 0 Å². The lowest BCUT2D eigenvalue weighted by molar-refractivity contribution is 0.0143. The van der Waals surface area contributed by atoms with Crippen molar-refractivity contribution < 1.29 is 33.8 Å². The molecule has 0 aromatic heterocycles. The Balaban J connectivity index is 2.66. The Bertz CT molecular complexity index is 140. The zero-order valence-electron chi connectivity index (χ0n) is 5.75. The third-order valence-corrected chi connectivity index (χ3v) is 1.09. The smallest absolute Gasteiger partial charge is 0.475 e. The summed E-state index contributed by atoms with van der Waals surface area (Å²) in [4.78, 5) is 0. The van der Waals surface area contributed by atoms with E-state index >= 15 is 0 Å². The van der Waals surface area contributed by atoms with Gasteiger partial charge in [-0.3, -0.25) is 0 Å². The standard InChI is InChI=1S/CH7B3O7/c1-2-9-3(5,6)11-4(7,8)10-2/h5-8H,1H3/q-2. The second-order valence-electron chi connectivity index (χ2n) is 2.24. The number of hydrogen-bond donors (Lipinski definition) is 4. The summed E-state index contributed by atoms with van der Waals surface area (Å²) in [6.07, 6.45) is 0. The summed E-state index contributed by atoms with van der Waals surface area (Å²) >= 11 is 0. The second-order valence-corrected chi connectivity index (χ2v) is 2.24. The summed E-state index contributed by atoms with van der Waals surface area (Å²) in [7, 11) is -1.14. The van der Waals surface area contributed by atoms with Crippen LogP contribution in [0.1, 0.15) is 0 Å². The van der Waals surface area contributed by atoms with Crippen LogP contribution in [0.15, 0.2) is 0 Å². The first kappa shape index (κ1) is 9.01. The van der Waals surface area contributed by atoms with E-state index < -0.39 is 21.0 Å². The molecule has 0 amide bonds. The van der Waals surface area contributed by atoms with Crippen molar-refractivity contribution in [2.24, 2.45) is 0 Å². The molecule has 10 heteroatoms. The third-order valence-electron chi connectivity index (χ3n) is 1.09. The lowest BCUT2D eigenvalue weighted by Crippen LogP contribution is -2.65. The molecule has 0 radical (unpaired) electrons. The monoisotopic (exact) mass is 164 g/mol. The fraction of sp³-hybridized carbons (Fsp3) is 1.00. The zero-order chi connectivity index (χ0) is 8.70. The van der Waals surface area contributed by atoms with Gasteiger partial charge in [0.2, 0.25) is 0 Å². The molecule has 1 aliphatic rings. The van der Waals surface area contributed by atoms with Gasteiger partial charge in [0, 0.05) is 0 Å². The average Bonchev–Trinajstić information content (AvgIpc) is 1.49. The summed E-state index contributed by atoms with van der Waals surface area (Å²) in [5, 5.41) is 34.7. The molecule has 7 nitrogen and oxygen atoms in total. The highest BCUT2D eigenvalue weighted by molar-refractivity contribution is 6.77.